The topological polar surface area (TPSA) is 55.4 Å². The molecule has 0 radical (unpaired) electrons. The van der Waals surface area contributed by atoms with Gasteiger partial charge in [-0.3, -0.25) is 4.72 Å². The first-order valence-corrected chi connectivity index (χ1v) is 8.50. The van der Waals surface area contributed by atoms with Crippen LogP contribution in [0.25, 0.3) is 0 Å². The Morgan fingerprint density at radius 1 is 1.10 bits per heavy atom. The zero-order valence-electron chi connectivity index (χ0n) is 11.5. The van der Waals surface area contributed by atoms with Gasteiger partial charge in [0.2, 0.25) is 10.0 Å². The fourth-order valence-corrected chi connectivity index (χ4v) is 3.17. The summed E-state index contributed by atoms with van der Waals surface area (Å²) >= 11 is 5.79. The van der Waals surface area contributed by atoms with Gasteiger partial charge in [-0.1, -0.05) is 35.9 Å². The largest absolute Gasteiger partial charge is 0.492 e. The molecule has 0 spiro atoms. The van der Waals surface area contributed by atoms with Crippen LogP contribution in [0.1, 0.15) is 12.5 Å². The van der Waals surface area contributed by atoms with Crippen molar-refractivity contribution in [2.24, 2.45) is 0 Å². The van der Waals surface area contributed by atoms with Crippen molar-refractivity contribution >= 4 is 27.3 Å². The van der Waals surface area contributed by atoms with E-state index < -0.39 is 10.0 Å². The average molecular weight is 326 g/mol. The standard InChI is InChI=1S/C15H16ClNO3S/c1-2-20-15-6-4-3-5-14(15)17-21(18,19)11-12-7-9-13(16)10-8-12/h3-10,17H,2,11H2,1H3. The van der Waals surface area contributed by atoms with Crippen LogP contribution in [0.2, 0.25) is 5.02 Å². The predicted octanol–water partition coefficient (Wildman–Crippen LogP) is 3.68. The van der Waals surface area contributed by atoms with Gasteiger partial charge in [-0.05, 0) is 36.8 Å². The summed E-state index contributed by atoms with van der Waals surface area (Å²) in [6.07, 6.45) is 0. The van der Waals surface area contributed by atoms with Gasteiger partial charge in [-0.15, -0.1) is 0 Å². The van der Waals surface area contributed by atoms with Crippen LogP contribution in [0.3, 0.4) is 0 Å². The second kappa shape index (κ2) is 6.83. The molecule has 0 amide bonds. The van der Waals surface area contributed by atoms with E-state index in [1.54, 1.807) is 48.5 Å². The fraction of sp³-hybridized carbons (Fsp3) is 0.200. The molecule has 2 rings (SSSR count). The molecule has 0 bridgehead atoms. The minimum absolute atomic E-state index is 0.120. The summed E-state index contributed by atoms with van der Waals surface area (Å²) in [5, 5.41) is 0.575. The Balaban J connectivity index is 2.16. The van der Waals surface area contributed by atoms with E-state index in [9.17, 15) is 8.42 Å². The third-order valence-electron chi connectivity index (χ3n) is 2.72. The molecule has 0 saturated heterocycles. The molecule has 2 aromatic carbocycles. The zero-order valence-corrected chi connectivity index (χ0v) is 13.1. The molecule has 4 nitrogen and oxygen atoms in total. The minimum Gasteiger partial charge on any atom is -0.492 e. The maximum Gasteiger partial charge on any atom is 0.237 e. The van der Waals surface area contributed by atoms with Crippen LogP contribution in [0.5, 0.6) is 5.75 Å². The molecule has 0 heterocycles. The zero-order chi connectivity index (χ0) is 15.3. The van der Waals surface area contributed by atoms with Gasteiger partial charge in [-0.2, -0.15) is 0 Å². The summed E-state index contributed by atoms with van der Waals surface area (Å²) in [7, 11) is -3.51. The summed E-state index contributed by atoms with van der Waals surface area (Å²) in [4.78, 5) is 0. The van der Waals surface area contributed by atoms with E-state index in [1.165, 1.54) is 0 Å². The quantitative estimate of drug-likeness (QED) is 0.881. The lowest BCUT2D eigenvalue weighted by Gasteiger charge is -2.12. The normalized spacial score (nSPS) is 11.1. The predicted molar refractivity (Wildman–Crippen MR) is 85.3 cm³/mol. The van der Waals surface area contributed by atoms with Crippen LogP contribution in [0.4, 0.5) is 5.69 Å². The number of hydrogen-bond donors (Lipinski definition) is 1. The molecule has 0 aromatic heterocycles. The summed E-state index contributed by atoms with van der Waals surface area (Å²) < 4.78 is 32.4. The highest BCUT2D eigenvalue weighted by Crippen LogP contribution is 2.25. The third kappa shape index (κ3) is 4.65. The number of benzene rings is 2. The highest BCUT2D eigenvalue weighted by molar-refractivity contribution is 7.91. The second-order valence-corrected chi connectivity index (χ2v) is 6.58. The van der Waals surface area contributed by atoms with E-state index >= 15 is 0 Å². The lowest BCUT2D eigenvalue weighted by atomic mass is 10.2. The van der Waals surface area contributed by atoms with Crippen molar-refractivity contribution in [3.05, 3.63) is 59.1 Å². The van der Waals surface area contributed by atoms with Crippen LogP contribution in [-0.2, 0) is 15.8 Å². The van der Waals surface area contributed by atoms with Gasteiger partial charge in [0.05, 0.1) is 18.0 Å². The Bertz CT molecular complexity index is 699. The maximum atomic E-state index is 12.2. The highest BCUT2D eigenvalue weighted by atomic mass is 35.5. The van der Waals surface area contributed by atoms with E-state index in [0.29, 0.717) is 28.6 Å². The number of anilines is 1. The number of rotatable bonds is 6. The van der Waals surface area contributed by atoms with Gasteiger partial charge in [0, 0.05) is 5.02 Å². The number of nitrogens with one attached hydrogen (secondary N) is 1. The highest BCUT2D eigenvalue weighted by Gasteiger charge is 2.14. The van der Waals surface area contributed by atoms with E-state index in [1.807, 2.05) is 6.92 Å². The van der Waals surface area contributed by atoms with Gasteiger partial charge in [0.15, 0.2) is 0 Å². The second-order valence-electron chi connectivity index (χ2n) is 4.42. The first-order chi connectivity index (χ1) is 10.00. The monoisotopic (exact) mass is 325 g/mol. The molecule has 0 saturated carbocycles. The molecule has 21 heavy (non-hydrogen) atoms. The lowest BCUT2D eigenvalue weighted by Crippen LogP contribution is -2.15. The van der Waals surface area contributed by atoms with Crippen molar-refractivity contribution in [3.8, 4) is 5.75 Å². The van der Waals surface area contributed by atoms with Crippen LogP contribution in [0, 0.1) is 0 Å². The van der Waals surface area contributed by atoms with E-state index in [2.05, 4.69) is 4.72 Å². The van der Waals surface area contributed by atoms with Gasteiger partial charge in [0.25, 0.3) is 0 Å². The molecule has 112 valence electrons. The van der Waals surface area contributed by atoms with Crippen molar-refractivity contribution < 1.29 is 13.2 Å². The summed E-state index contributed by atoms with van der Waals surface area (Å²) in [5.41, 5.74) is 1.11. The Labute approximate surface area is 129 Å². The van der Waals surface area contributed by atoms with Gasteiger partial charge >= 0.3 is 0 Å². The van der Waals surface area contributed by atoms with Crippen molar-refractivity contribution in [2.75, 3.05) is 11.3 Å². The number of para-hydroxylation sites is 2. The minimum atomic E-state index is -3.51. The fourth-order valence-electron chi connectivity index (χ4n) is 1.84. The number of sulfonamides is 1. The number of halogens is 1. The average Bonchev–Trinajstić information content (AvgIpc) is 2.43. The lowest BCUT2D eigenvalue weighted by molar-refractivity contribution is 0.342. The van der Waals surface area contributed by atoms with Crippen LogP contribution < -0.4 is 9.46 Å². The van der Waals surface area contributed by atoms with Crippen molar-refractivity contribution in [1.82, 2.24) is 0 Å². The number of hydrogen-bond acceptors (Lipinski definition) is 3. The molecule has 0 fully saturated rings. The Hall–Kier alpha value is -1.72. The van der Waals surface area contributed by atoms with Gasteiger partial charge in [-0.25, -0.2) is 8.42 Å². The van der Waals surface area contributed by atoms with Crippen molar-refractivity contribution in [1.29, 1.82) is 0 Å². The molecule has 0 atom stereocenters. The Kier molecular flexibility index (Phi) is 5.09. The maximum absolute atomic E-state index is 12.2. The van der Waals surface area contributed by atoms with Gasteiger partial charge in [0.1, 0.15) is 5.75 Å². The molecule has 0 unspecified atom stereocenters. The first-order valence-electron chi connectivity index (χ1n) is 6.47. The summed E-state index contributed by atoms with van der Waals surface area (Å²) in [5.74, 6) is 0.393. The third-order valence-corrected chi connectivity index (χ3v) is 4.22. The summed E-state index contributed by atoms with van der Waals surface area (Å²) in [6.45, 7) is 2.31. The SMILES string of the molecule is CCOc1ccccc1NS(=O)(=O)Cc1ccc(Cl)cc1. The van der Waals surface area contributed by atoms with Crippen LogP contribution in [-0.4, -0.2) is 15.0 Å². The molecule has 2 aromatic rings. The molecule has 0 aliphatic heterocycles. The van der Waals surface area contributed by atoms with Crippen LogP contribution in [0.15, 0.2) is 48.5 Å². The summed E-state index contributed by atoms with van der Waals surface area (Å²) in [6, 6.07) is 13.7. The smallest absolute Gasteiger partial charge is 0.237 e. The molecular weight excluding hydrogens is 310 g/mol. The molecule has 6 heteroatoms. The molecule has 1 N–H and O–H groups in total. The van der Waals surface area contributed by atoms with E-state index in [4.69, 9.17) is 16.3 Å². The Morgan fingerprint density at radius 2 is 1.76 bits per heavy atom. The van der Waals surface area contributed by atoms with Crippen LogP contribution >= 0.6 is 11.6 Å². The van der Waals surface area contributed by atoms with Crippen molar-refractivity contribution in [2.45, 2.75) is 12.7 Å². The van der Waals surface area contributed by atoms with E-state index in [0.717, 1.165) is 0 Å². The Morgan fingerprint density at radius 3 is 2.43 bits per heavy atom. The van der Waals surface area contributed by atoms with E-state index in [-0.39, 0.29) is 5.75 Å². The van der Waals surface area contributed by atoms with Crippen molar-refractivity contribution in [3.63, 3.8) is 0 Å². The van der Waals surface area contributed by atoms with Gasteiger partial charge < -0.3 is 4.74 Å². The molecule has 0 aliphatic carbocycles. The first kappa shape index (κ1) is 15.7. The molecule has 0 aliphatic rings. The number of ether oxygens (including phenoxy) is 1. The molecular formula is C15H16ClNO3S.